The first-order valence-corrected chi connectivity index (χ1v) is 18.7. The second-order valence-electron chi connectivity index (χ2n) is 13.7. The van der Waals surface area contributed by atoms with Gasteiger partial charge in [0.2, 0.25) is 0 Å². The SMILES string of the molecule is c1ccc2c(c1)Sc1cccc3c4c(-c5ccc(N(c6ccc7c(c6)oc6ccccc67)c6ccc7c(c6)oc6ccccc67)cc5)cccc4n-2c13. The van der Waals surface area contributed by atoms with Crippen molar-refractivity contribution in [2.75, 3.05) is 4.90 Å². The van der Waals surface area contributed by atoms with E-state index in [1.54, 1.807) is 0 Å². The average molecular weight is 697 g/mol. The van der Waals surface area contributed by atoms with E-state index in [1.165, 1.54) is 48.4 Å². The maximum atomic E-state index is 6.38. The van der Waals surface area contributed by atoms with Crippen molar-refractivity contribution in [3.63, 3.8) is 0 Å². The van der Waals surface area contributed by atoms with Crippen molar-refractivity contribution in [2.24, 2.45) is 0 Å². The van der Waals surface area contributed by atoms with Crippen molar-refractivity contribution < 1.29 is 8.83 Å². The monoisotopic (exact) mass is 696 g/mol. The van der Waals surface area contributed by atoms with E-state index in [4.69, 9.17) is 8.83 Å². The summed E-state index contributed by atoms with van der Waals surface area (Å²) in [5.41, 5.74) is 12.7. The van der Waals surface area contributed by atoms with Crippen LogP contribution in [0.3, 0.4) is 0 Å². The van der Waals surface area contributed by atoms with Crippen LogP contribution in [0.1, 0.15) is 0 Å². The second kappa shape index (κ2) is 10.9. The van der Waals surface area contributed by atoms with Crippen LogP contribution in [0.25, 0.3) is 82.5 Å². The van der Waals surface area contributed by atoms with Gasteiger partial charge in [0.1, 0.15) is 22.3 Å². The summed E-state index contributed by atoms with van der Waals surface area (Å²) in [7, 11) is 0. The third-order valence-corrected chi connectivity index (χ3v) is 11.9. The van der Waals surface area contributed by atoms with Gasteiger partial charge in [0.05, 0.1) is 16.7 Å². The highest BCUT2D eigenvalue weighted by atomic mass is 32.2. The molecule has 0 atom stereocenters. The van der Waals surface area contributed by atoms with Gasteiger partial charge in [0.15, 0.2) is 0 Å². The first kappa shape index (κ1) is 28.9. The van der Waals surface area contributed by atoms with Gasteiger partial charge in [-0.05, 0) is 83.9 Å². The number of nitrogens with zero attached hydrogens (tertiary/aromatic N) is 2. The zero-order chi connectivity index (χ0) is 34.6. The number of hydrogen-bond donors (Lipinski definition) is 0. The van der Waals surface area contributed by atoms with Gasteiger partial charge >= 0.3 is 0 Å². The van der Waals surface area contributed by atoms with Crippen LogP contribution in [0.4, 0.5) is 17.1 Å². The summed E-state index contributed by atoms with van der Waals surface area (Å²) in [4.78, 5) is 4.86. The zero-order valence-corrected chi connectivity index (χ0v) is 29.1. The summed E-state index contributed by atoms with van der Waals surface area (Å²) in [6.45, 7) is 0. The topological polar surface area (TPSA) is 34.5 Å². The smallest absolute Gasteiger partial charge is 0.137 e. The van der Waals surface area contributed by atoms with E-state index in [-0.39, 0.29) is 0 Å². The van der Waals surface area contributed by atoms with Crippen molar-refractivity contribution in [2.45, 2.75) is 9.79 Å². The minimum Gasteiger partial charge on any atom is -0.456 e. The average Bonchev–Trinajstić information content (AvgIpc) is 3.88. The molecule has 1 aliphatic heterocycles. The fourth-order valence-corrected chi connectivity index (χ4v) is 9.54. The van der Waals surface area contributed by atoms with Crippen LogP contribution in [-0.4, -0.2) is 4.57 Å². The van der Waals surface area contributed by atoms with Gasteiger partial charge in [-0.1, -0.05) is 96.7 Å². The Labute approximate surface area is 308 Å². The van der Waals surface area contributed by atoms with E-state index in [0.29, 0.717) is 0 Å². The van der Waals surface area contributed by atoms with E-state index < -0.39 is 0 Å². The Bertz CT molecular complexity index is 3160. The summed E-state index contributed by atoms with van der Waals surface area (Å²) >= 11 is 1.86. The first-order valence-electron chi connectivity index (χ1n) is 17.8. The van der Waals surface area contributed by atoms with Crippen molar-refractivity contribution >= 4 is 94.5 Å². The van der Waals surface area contributed by atoms with Crippen molar-refractivity contribution in [3.05, 3.63) is 170 Å². The molecular weight excluding hydrogens is 669 g/mol. The van der Waals surface area contributed by atoms with Crippen LogP contribution in [0.2, 0.25) is 0 Å². The Hall–Kier alpha value is -6.69. The van der Waals surface area contributed by atoms with Crippen LogP contribution in [0.5, 0.6) is 0 Å². The molecule has 4 nitrogen and oxygen atoms in total. The lowest BCUT2D eigenvalue weighted by Gasteiger charge is -2.25. The number of aromatic nitrogens is 1. The molecule has 0 saturated heterocycles. The van der Waals surface area contributed by atoms with Crippen LogP contribution < -0.4 is 4.90 Å². The van der Waals surface area contributed by atoms with Crippen LogP contribution >= 0.6 is 11.8 Å². The molecule has 0 unspecified atom stereocenters. The van der Waals surface area contributed by atoms with Crippen molar-refractivity contribution in [3.8, 4) is 16.8 Å². The Morgan fingerprint density at radius 2 is 1.00 bits per heavy atom. The van der Waals surface area contributed by atoms with Gasteiger partial charge in [-0.3, -0.25) is 0 Å². The van der Waals surface area contributed by atoms with E-state index >= 15 is 0 Å². The van der Waals surface area contributed by atoms with E-state index in [9.17, 15) is 0 Å². The molecular formula is C48H28N2O2S. The number of fused-ring (bicyclic) bond motifs is 11. The minimum absolute atomic E-state index is 0.856. The van der Waals surface area contributed by atoms with Crippen molar-refractivity contribution in [1.29, 1.82) is 0 Å². The quantitative estimate of drug-likeness (QED) is 0.183. The summed E-state index contributed by atoms with van der Waals surface area (Å²) in [6, 6.07) is 60.6. The highest BCUT2D eigenvalue weighted by Gasteiger charge is 2.24. The molecule has 0 N–H and O–H groups in total. The lowest BCUT2D eigenvalue weighted by atomic mass is 9.99. The standard InChI is InChI=1S/C48H28N2O2S/c1-4-15-41-34(9-1)36-25-23-31(27-43(36)51-41)49(32-24-26-37-35-10-2-5-16-42(35)52-44(37)28-32)30-21-19-29(20-22-30)33-11-7-14-40-47(33)38-12-8-18-46-48(38)50(40)39-13-3-6-17-45(39)53-46/h1-28H. The molecule has 3 aromatic heterocycles. The summed E-state index contributed by atoms with van der Waals surface area (Å²) < 4.78 is 15.2. The normalized spacial score (nSPS) is 12.5. The maximum absolute atomic E-state index is 6.38. The van der Waals surface area contributed by atoms with Crippen LogP contribution in [0, 0.1) is 0 Å². The Morgan fingerprint density at radius 1 is 0.434 bits per heavy atom. The molecule has 0 aliphatic carbocycles. The molecule has 11 aromatic rings. The van der Waals surface area contributed by atoms with Crippen LogP contribution in [-0.2, 0) is 0 Å². The zero-order valence-electron chi connectivity index (χ0n) is 28.3. The summed E-state index contributed by atoms with van der Waals surface area (Å²) in [5, 5.41) is 7.00. The fraction of sp³-hybridized carbons (Fsp3) is 0. The van der Waals surface area contributed by atoms with Gasteiger partial charge in [0.25, 0.3) is 0 Å². The number of rotatable bonds is 4. The molecule has 4 heterocycles. The van der Waals surface area contributed by atoms with Gasteiger partial charge in [-0.2, -0.15) is 0 Å². The molecule has 0 saturated carbocycles. The summed E-state index contributed by atoms with van der Waals surface area (Å²) in [6.07, 6.45) is 0. The van der Waals surface area contributed by atoms with Gasteiger partial charge in [-0.25, -0.2) is 0 Å². The highest BCUT2D eigenvalue weighted by molar-refractivity contribution is 7.99. The predicted octanol–water partition coefficient (Wildman–Crippen LogP) is 14.2. The Balaban J connectivity index is 1.03. The molecule has 1 aliphatic rings. The van der Waals surface area contributed by atoms with Gasteiger partial charge < -0.3 is 18.3 Å². The predicted molar refractivity (Wildman–Crippen MR) is 220 cm³/mol. The highest BCUT2D eigenvalue weighted by Crippen LogP contribution is 2.49. The number of para-hydroxylation sites is 4. The molecule has 53 heavy (non-hydrogen) atoms. The number of furan rings is 2. The lowest BCUT2D eigenvalue weighted by Crippen LogP contribution is -2.09. The van der Waals surface area contributed by atoms with Gasteiger partial charge in [-0.15, -0.1) is 0 Å². The Morgan fingerprint density at radius 3 is 1.72 bits per heavy atom. The van der Waals surface area contributed by atoms with Crippen LogP contribution in [0.15, 0.2) is 188 Å². The molecule has 0 amide bonds. The van der Waals surface area contributed by atoms with Gasteiger partial charge in [0, 0.05) is 71.3 Å². The molecule has 0 spiro atoms. The molecule has 5 heteroatoms. The molecule has 0 fully saturated rings. The Kier molecular flexibility index (Phi) is 5.96. The third-order valence-electron chi connectivity index (χ3n) is 10.8. The second-order valence-corrected chi connectivity index (χ2v) is 14.8. The number of benzene rings is 8. The summed E-state index contributed by atoms with van der Waals surface area (Å²) in [5.74, 6) is 0. The molecule has 248 valence electrons. The molecule has 0 radical (unpaired) electrons. The minimum atomic E-state index is 0.856. The van der Waals surface area contributed by atoms with E-state index in [2.05, 4.69) is 155 Å². The number of hydrogen-bond acceptors (Lipinski definition) is 4. The largest absolute Gasteiger partial charge is 0.456 e. The lowest BCUT2D eigenvalue weighted by molar-refractivity contribution is 0.669. The number of anilines is 3. The van der Waals surface area contributed by atoms with E-state index in [0.717, 1.165) is 60.9 Å². The third kappa shape index (κ3) is 4.20. The first-order chi connectivity index (χ1) is 26.3. The molecule has 0 bridgehead atoms. The molecule has 8 aromatic carbocycles. The maximum Gasteiger partial charge on any atom is 0.137 e. The van der Waals surface area contributed by atoms with E-state index in [1.807, 2.05) is 36.0 Å². The molecule has 12 rings (SSSR count). The fourth-order valence-electron chi connectivity index (χ4n) is 8.45. The van der Waals surface area contributed by atoms with Crippen molar-refractivity contribution in [1.82, 2.24) is 4.57 Å².